The number of ether oxygens (including phenoxy) is 1. The molecule has 0 saturated heterocycles. The standard InChI is InChI=1S/C20H27NO/c1-19(2,3)16-11-15(12-17(13-16)20(4,5)6)14-22-18-7-9-21-10-8-18/h7-13H,14H2,1-6H3. The molecule has 118 valence electrons. The summed E-state index contributed by atoms with van der Waals surface area (Å²) in [5, 5.41) is 0. The Hall–Kier alpha value is -1.83. The van der Waals surface area contributed by atoms with Crippen molar-refractivity contribution < 1.29 is 4.74 Å². The van der Waals surface area contributed by atoms with Crippen LogP contribution in [0.25, 0.3) is 0 Å². The van der Waals surface area contributed by atoms with Crippen molar-refractivity contribution in [3.05, 3.63) is 59.4 Å². The second-order valence-electron chi connectivity index (χ2n) is 7.89. The minimum atomic E-state index is 0.132. The molecule has 2 nitrogen and oxygen atoms in total. The molecule has 0 unspecified atom stereocenters. The number of hydrogen-bond donors (Lipinski definition) is 0. The van der Waals surface area contributed by atoms with E-state index < -0.39 is 0 Å². The van der Waals surface area contributed by atoms with Gasteiger partial charge in [-0.05, 0) is 39.7 Å². The van der Waals surface area contributed by atoms with Gasteiger partial charge in [0.2, 0.25) is 0 Å². The molecule has 0 atom stereocenters. The molecule has 0 aliphatic rings. The lowest BCUT2D eigenvalue weighted by molar-refractivity contribution is 0.305. The van der Waals surface area contributed by atoms with Crippen LogP contribution in [0.2, 0.25) is 0 Å². The van der Waals surface area contributed by atoms with Gasteiger partial charge in [0, 0.05) is 12.4 Å². The van der Waals surface area contributed by atoms with Gasteiger partial charge in [-0.3, -0.25) is 4.98 Å². The van der Waals surface area contributed by atoms with Crippen LogP contribution >= 0.6 is 0 Å². The molecule has 2 heteroatoms. The van der Waals surface area contributed by atoms with Gasteiger partial charge in [-0.2, -0.15) is 0 Å². The zero-order chi connectivity index (χ0) is 16.4. The first-order valence-corrected chi connectivity index (χ1v) is 7.84. The van der Waals surface area contributed by atoms with E-state index in [-0.39, 0.29) is 10.8 Å². The fourth-order valence-corrected chi connectivity index (χ4v) is 2.24. The molecule has 0 spiro atoms. The topological polar surface area (TPSA) is 22.1 Å². The first-order chi connectivity index (χ1) is 10.2. The number of hydrogen-bond acceptors (Lipinski definition) is 2. The summed E-state index contributed by atoms with van der Waals surface area (Å²) in [5.41, 5.74) is 4.19. The Morgan fingerprint density at radius 3 is 1.77 bits per heavy atom. The third-order valence-corrected chi connectivity index (χ3v) is 3.78. The van der Waals surface area contributed by atoms with Gasteiger partial charge in [0.05, 0.1) is 0 Å². The minimum absolute atomic E-state index is 0.132. The normalized spacial score (nSPS) is 12.3. The van der Waals surface area contributed by atoms with Crippen molar-refractivity contribution in [2.24, 2.45) is 0 Å². The van der Waals surface area contributed by atoms with Gasteiger partial charge < -0.3 is 4.74 Å². The molecule has 1 heterocycles. The van der Waals surface area contributed by atoms with Crippen LogP contribution in [-0.2, 0) is 17.4 Å². The van der Waals surface area contributed by atoms with Crippen molar-refractivity contribution >= 4 is 0 Å². The van der Waals surface area contributed by atoms with Crippen LogP contribution in [0, 0.1) is 0 Å². The van der Waals surface area contributed by atoms with Gasteiger partial charge in [0.1, 0.15) is 12.4 Å². The van der Waals surface area contributed by atoms with Crippen LogP contribution in [0.1, 0.15) is 58.2 Å². The van der Waals surface area contributed by atoms with Gasteiger partial charge >= 0.3 is 0 Å². The average Bonchev–Trinajstić information content (AvgIpc) is 2.44. The van der Waals surface area contributed by atoms with Crippen LogP contribution in [0.15, 0.2) is 42.7 Å². The maximum absolute atomic E-state index is 5.89. The first kappa shape index (κ1) is 16.5. The predicted molar refractivity (Wildman–Crippen MR) is 92.4 cm³/mol. The molecule has 0 aliphatic carbocycles. The fourth-order valence-electron chi connectivity index (χ4n) is 2.24. The summed E-state index contributed by atoms with van der Waals surface area (Å²) >= 11 is 0. The molecular weight excluding hydrogens is 270 g/mol. The molecule has 22 heavy (non-hydrogen) atoms. The van der Waals surface area contributed by atoms with Crippen LogP contribution in [0.4, 0.5) is 0 Å². The third-order valence-electron chi connectivity index (χ3n) is 3.78. The Morgan fingerprint density at radius 2 is 1.32 bits per heavy atom. The molecule has 0 bridgehead atoms. The molecule has 0 amide bonds. The average molecular weight is 297 g/mol. The largest absolute Gasteiger partial charge is 0.489 e. The summed E-state index contributed by atoms with van der Waals surface area (Å²) in [5.74, 6) is 0.855. The summed E-state index contributed by atoms with van der Waals surface area (Å²) in [4.78, 5) is 4.01. The Morgan fingerprint density at radius 1 is 0.818 bits per heavy atom. The number of aromatic nitrogens is 1. The first-order valence-electron chi connectivity index (χ1n) is 7.84. The van der Waals surface area contributed by atoms with Crippen LogP contribution in [0.5, 0.6) is 5.75 Å². The van der Waals surface area contributed by atoms with E-state index in [9.17, 15) is 0 Å². The number of pyridine rings is 1. The number of rotatable bonds is 3. The van der Waals surface area contributed by atoms with Gasteiger partial charge in [-0.25, -0.2) is 0 Å². The zero-order valence-electron chi connectivity index (χ0n) is 14.6. The molecule has 1 aromatic heterocycles. The highest BCUT2D eigenvalue weighted by Gasteiger charge is 2.20. The van der Waals surface area contributed by atoms with E-state index in [1.165, 1.54) is 16.7 Å². The smallest absolute Gasteiger partial charge is 0.122 e. The van der Waals surface area contributed by atoms with E-state index in [1.54, 1.807) is 12.4 Å². The quantitative estimate of drug-likeness (QED) is 0.771. The Kier molecular flexibility index (Phi) is 4.60. The van der Waals surface area contributed by atoms with Crippen molar-refractivity contribution in [2.45, 2.75) is 59.0 Å². The lowest BCUT2D eigenvalue weighted by Gasteiger charge is -2.26. The summed E-state index contributed by atoms with van der Waals surface area (Å²) < 4.78 is 5.89. The molecule has 0 saturated carbocycles. The molecular formula is C20H27NO. The van der Waals surface area contributed by atoms with Gasteiger partial charge in [-0.1, -0.05) is 59.7 Å². The second-order valence-corrected chi connectivity index (χ2v) is 7.89. The molecule has 0 radical (unpaired) electrons. The van der Waals surface area contributed by atoms with E-state index in [0.717, 1.165) is 5.75 Å². The van der Waals surface area contributed by atoms with Crippen LogP contribution < -0.4 is 4.74 Å². The summed E-state index contributed by atoms with van der Waals surface area (Å²) in [7, 11) is 0. The van der Waals surface area contributed by atoms with Crippen molar-refractivity contribution in [3.8, 4) is 5.75 Å². The van der Waals surface area contributed by atoms with Crippen molar-refractivity contribution in [2.75, 3.05) is 0 Å². The molecule has 1 aromatic carbocycles. The van der Waals surface area contributed by atoms with Gasteiger partial charge in [0.15, 0.2) is 0 Å². The van der Waals surface area contributed by atoms with Gasteiger partial charge in [-0.15, -0.1) is 0 Å². The van der Waals surface area contributed by atoms with Crippen molar-refractivity contribution in [1.29, 1.82) is 0 Å². The fraction of sp³-hybridized carbons (Fsp3) is 0.450. The minimum Gasteiger partial charge on any atom is -0.489 e. The highest BCUT2D eigenvalue weighted by atomic mass is 16.5. The number of nitrogens with zero attached hydrogens (tertiary/aromatic N) is 1. The van der Waals surface area contributed by atoms with E-state index in [4.69, 9.17) is 4.74 Å². The molecule has 2 rings (SSSR count). The summed E-state index contributed by atoms with van der Waals surface area (Å²) in [6, 6.07) is 10.6. The second kappa shape index (κ2) is 6.12. The highest BCUT2D eigenvalue weighted by molar-refractivity contribution is 5.37. The van der Waals surface area contributed by atoms with Crippen LogP contribution in [-0.4, -0.2) is 4.98 Å². The van der Waals surface area contributed by atoms with E-state index in [0.29, 0.717) is 6.61 Å². The van der Waals surface area contributed by atoms with E-state index in [2.05, 4.69) is 64.7 Å². The lowest BCUT2D eigenvalue weighted by Crippen LogP contribution is -2.17. The molecule has 0 N–H and O–H groups in total. The van der Waals surface area contributed by atoms with Crippen molar-refractivity contribution in [3.63, 3.8) is 0 Å². The van der Waals surface area contributed by atoms with E-state index >= 15 is 0 Å². The Labute approximate surface area is 134 Å². The SMILES string of the molecule is CC(C)(C)c1cc(COc2ccncc2)cc(C(C)(C)C)c1. The monoisotopic (exact) mass is 297 g/mol. The summed E-state index contributed by atoms with van der Waals surface area (Å²) in [6.07, 6.45) is 3.50. The maximum Gasteiger partial charge on any atom is 0.122 e. The molecule has 0 fully saturated rings. The lowest BCUT2D eigenvalue weighted by atomic mass is 9.79. The van der Waals surface area contributed by atoms with E-state index in [1.807, 2.05) is 12.1 Å². The number of benzene rings is 1. The third kappa shape index (κ3) is 4.33. The zero-order valence-corrected chi connectivity index (χ0v) is 14.6. The Balaban J connectivity index is 2.30. The highest BCUT2D eigenvalue weighted by Crippen LogP contribution is 2.30. The van der Waals surface area contributed by atoms with Crippen molar-refractivity contribution in [1.82, 2.24) is 4.98 Å². The molecule has 2 aromatic rings. The predicted octanol–water partition coefficient (Wildman–Crippen LogP) is 5.26. The van der Waals surface area contributed by atoms with Gasteiger partial charge in [0.25, 0.3) is 0 Å². The Bertz CT molecular complexity index is 586. The maximum atomic E-state index is 5.89. The molecule has 0 aliphatic heterocycles. The summed E-state index contributed by atoms with van der Waals surface area (Å²) in [6.45, 7) is 14.1. The van der Waals surface area contributed by atoms with Crippen LogP contribution in [0.3, 0.4) is 0 Å².